The summed E-state index contributed by atoms with van der Waals surface area (Å²) in [5, 5.41) is 6.53. The number of ether oxygens (including phenoxy) is 1. The van der Waals surface area contributed by atoms with Crippen LogP contribution >= 0.6 is 24.0 Å². The number of fused-ring (bicyclic) bond motifs is 1. The predicted molar refractivity (Wildman–Crippen MR) is 109 cm³/mol. The van der Waals surface area contributed by atoms with Crippen molar-refractivity contribution in [3.63, 3.8) is 0 Å². The third-order valence-electron chi connectivity index (χ3n) is 4.03. The SMILES string of the molecule is CN=C(NCCc1cccc(F)c1)NCC1Cc2ccccc2O1.I. The van der Waals surface area contributed by atoms with Crippen LogP contribution in [0.5, 0.6) is 5.75 Å². The highest BCUT2D eigenvalue weighted by Gasteiger charge is 2.22. The van der Waals surface area contributed by atoms with Crippen molar-refractivity contribution >= 4 is 29.9 Å². The van der Waals surface area contributed by atoms with Gasteiger partial charge in [0.15, 0.2) is 5.96 Å². The van der Waals surface area contributed by atoms with E-state index in [4.69, 9.17) is 4.74 Å². The number of hydrogen-bond acceptors (Lipinski definition) is 2. The van der Waals surface area contributed by atoms with E-state index >= 15 is 0 Å². The molecule has 134 valence electrons. The molecular weight excluding hydrogens is 432 g/mol. The Hall–Kier alpha value is -1.83. The molecule has 0 amide bonds. The van der Waals surface area contributed by atoms with Gasteiger partial charge in [0.2, 0.25) is 0 Å². The van der Waals surface area contributed by atoms with Gasteiger partial charge in [0.25, 0.3) is 0 Å². The summed E-state index contributed by atoms with van der Waals surface area (Å²) in [6, 6.07) is 14.8. The lowest BCUT2D eigenvalue weighted by Gasteiger charge is -2.15. The summed E-state index contributed by atoms with van der Waals surface area (Å²) in [6.45, 7) is 1.38. The van der Waals surface area contributed by atoms with Crippen molar-refractivity contribution in [2.24, 2.45) is 4.99 Å². The molecule has 1 unspecified atom stereocenters. The summed E-state index contributed by atoms with van der Waals surface area (Å²) in [5.41, 5.74) is 2.21. The minimum atomic E-state index is -0.201. The molecular formula is C19H23FIN3O. The molecule has 0 bridgehead atoms. The fourth-order valence-corrected chi connectivity index (χ4v) is 2.82. The Morgan fingerprint density at radius 1 is 1.20 bits per heavy atom. The number of aliphatic imine (C=N–C) groups is 1. The molecule has 3 rings (SSSR count). The van der Waals surface area contributed by atoms with Gasteiger partial charge in [-0.25, -0.2) is 4.39 Å². The van der Waals surface area contributed by atoms with E-state index in [1.165, 1.54) is 11.6 Å². The first kappa shape index (κ1) is 19.5. The smallest absolute Gasteiger partial charge is 0.191 e. The number of benzene rings is 2. The lowest BCUT2D eigenvalue weighted by molar-refractivity contribution is 0.235. The molecule has 4 nitrogen and oxygen atoms in total. The molecule has 0 fully saturated rings. The Bertz CT molecular complexity index is 698. The average molecular weight is 455 g/mol. The standard InChI is InChI=1S/C19H22FN3O.HI/c1-21-19(22-10-9-14-5-4-7-16(20)11-14)23-13-17-12-15-6-2-3-8-18(15)24-17;/h2-8,11,17H,9-10,12-13H2,1H3,(H2,21,22,23);1H. The fourth-order valence-electron chi connectivity index (χ4n) is 2.82. The number of nitrogens with one attached hydrogen (secondary N) is 2. The molecule has 6 heteroatoms. The minimum Gasteiger partial charge on any atom is -0.488 e. The summed E-state index contributed by atoms with van der Waals surface area (Å²) in [4.78, 5) is 4.21. The van der Waals surface area contributed by atoms with Crippen LogP contribution in [0.25, 0.3) is 0 Å². The van der Waals surface area contributed by atoms with E-state index in [1.807, 2.05) is 24.3 Å². The summed E-state index contributed by atoms with van der Waals surface area (Å²) in [7, 11) is 1.74. The highest BCUT2D eigenvalue weighted by Crippen LogP contribution is 2.27. The van der Waals surface area contributed by atoms with Crippen LogP contribution in [0.3, 0.4) is 0 Å². The van der Waals surface area contributed by atoms with Crippen molar-refractivity contribution in [3.05, 3.63) is 65.5 Å². The Morgan fingerprint density at radius 3 is 2.80 bits per heavy atom. The number of nitrogens with zero attached hydrogens (tertiary/aromatic N) is 1. The summed E-state index contributed by atoms with van der Waals surface area (Å²) in [6.07, 6.45) is 1.76. The van der Waals surface area contributed by atoms with E-state index in [0.29, 0.717) is 13.1 Å². The van der Waals surface area contributed by atoms with Crippen molar-refractivity contribution in [1.29, 1.82) is 0 Å². The van der Waals surface area contributed by atoms with E-state index < -0.39 is 0 Å². The van der Waals surface area contributed by atoms with Crippen LogP contribution in [-0.2, 0) is 12.8 Å². The highest BCUT2D eigenvalue weighted by atomic mass is 127. The van der Waals surface area contributed by atoms with E-state index in [0.717, 1.165) is 30.1 Å². The van der Waals surface area contributed by atoms with Gasteiger partial charge in [-0.3, -0.25) is 4.99 Å². The van der Waals surface area contributed by atoms with Crippen molar-refractivity contribution in [3.8, 4) is 5.75 Å². The molecule has 0 aliphatic carbocycles. The summed E-state index contributed by atoms with van der Waals surface area (Å²) < 4.78 is 19.1. The Kier molecular flexibility index (Phi) is 7.49. The largest absolute Gasteiger partial charge is 0.488 e. The predicted octanol–water partition coefficient (Wildman–Crippen LogP) is 3.15. The van der Waals surface area contributed by atoms with Gasteiger partial charge in [-0.1, -0.05) is 30.3 Å². The molecule has 1 atom stereocenters. The Labute approximate surface area is 164 Å². The first-order valence-electron chi connectivity index (χ1n) is 8.18. The van der Waals surface area contributed by atoms with Gasteiger partial charge in [0.1, 0.15) is 17.7 Å². The number of guanidine groups is 1. The number of halogens is 2. The highest BCUT2D eigenvalue weighted by molar-refractivity contribution is 14.0. The van der Waals surface area contributed by atoms with Gasteiger partial charge in [-0.15, -0.1) is 24.0 Å². The van der Waals surface area contributed by atoms with Crippen molar-refractivity contribution < 1.29 is 9.13 Å². The van der Waals surface area contributed by atoms with E-state index in [2.05, 4.69) is 21.7 Å². The lowest BCUT2D eigenvalue weighted by Crippen LogP contribution is -2.42. The minimum absolute atomic E-state index is 0. The molecule has 2 N–H and O–H groups in total. The van der Waals surface area contributed by atoms with Gasteiger partial charge in [0, 0.05) is 20.0 Å². The van der Waals surface area contributed by atoms with Gasteiger partial charge in [-0.05, 0) is 35.7 Å². The van der Waals surface area contributed by atoms with Gasteiger partial charge >= 0.3 is 0 Å². The molecule has 1 heterocycles. The monoisotopic (exact) mass is 455 g/mol. The molecule has 0 spiro atoms. The first-order valence-corrected chi connectivity index (χ1v) is 8.18. The zero-order chi connectivity index (χ0) is 16.8. The van der Waals surface area contributed by atoms with Gasteiger partial charge in [-0.2, -0.15) is 0 Å². The van der Waals surface area contributed by atoms with Crippen LogP contribution in [0.4, 0.5) is 4.39 Å². The molecule has 0 radical (unpaired) electrons. The first-order chi connectivity index (χ1) is 11.7. The molecule has 0 saturated carbocycles. The molecule has 0 aromatic heterocycles. The quantitative estimate of drug-likeness (QED) is 0.414. The second-order valence-corrected chi connectivity index (χ2v) is 5.81. The number of para-hydroxylation sites is 1. The molecule has 2 aromatic carbocycles. The molecule has 2 aromatic rings. The third-order valence-corrected chi connectivity index (χ3v) is 4.03. The maximum atomic E-state index is 13.2. The molecule has 1 aliphatic heterocycles. The van der Waals surface area contributed by atoms with Crippen LogP contribution in [0.15, 0.2) is 53.5 Å². The Balaban J connectivity index is 0.00000225. The second-order valence-electron chi connectivity index (χ2n) is 5.81. The number of rotatable bonds is 5. The second kappa shape index (κ2) is 9.60. The third kappa shape index (κ3) is 5.59. The number of hydrogen-bond donors (Lipinski definition) is 2. The maximum absolute atomic E-state index is 13.2. The van der Waals surface area contributed by atoms with Crippen molar-refractivity contribution in [2.45, 2.75) is 18.9 Å². The zero-order valence-electron chi connectivity index (χ0n) is 14.2. The fraction of sp³-hybridized carbons (Fsp3) is 0.316. The Morgan fingerprint density at radius 2 is 2.04 bits per heavy atom. The molecule has 1 aliphatic rings. The van der Waals surface area contributed by atoms with Crippen LogP contribution in [0.1, 0.15) is 11.1 Å². The van der Waals surface area contributed by atoms with Crippen LogP contribution < -0.4 is 15.4 Å². The van der Waals surface area contributed by atoms with Crippen molar-refractivity contribution in [1.82, 2.24) is 10.6 Å². The van der Waals surface area contributed by atoms with Crippen LogP contribution in [0.2, 0.25) is 0 Å². The summed E-state index contributed by atoms with van der Waals surface area (Å²) >= 11 is 0. The zero-order valence-corrected chi connectivity index (χ0v) is 16.5. The van der Waals surface area contributed by atoms with Gasteiger partial charge < -0.3 is 15.4 Å². The van der Waals surface area contributed by atoms with Crippen molar-refractivity contribution in [2.75, 3.05) is 20.1 Å². The van der Waals surface area contributed by atoms with E-state index in [1.54, 1.807) is 19.2 Å². The lowest BCUT2D eigenvalue weighted by atomic mass is 10.1. The summed E-state index contributed by atoms with van der Waals surface area (Å²) in [5.74, 6) is 1.50. The molecule has 0 saturated heterocycles. The topological polar surface area (TPSA) is 45.7 Å². The molecule has 25 heavy (non-hydrogen) atoms. The van der Waals surface area contributed by atoms with Gasteiger partial charge in [0.05, 0.1) is 6.54 Å². The van der Waals surface area contributed by atoms with Crippen LogP contribution in [-0.4, -0.2) is 32.2 Å². The maximum Gasteiger partial charge on any atom is 0.191 e. The average Bonchev–Trinajstić information content (AvgIpc) is 3.01. The van der Waals surface area contributed by atoms with E-state index in [-0.39, 0.29) is 35.9 Å². The van der Waals surface area contributed by atoms with Crippen LogP contribution in [0, 0.1) is 5.82 Å². The normalized spacial score (nSPS) is 15.8. The van der Waals surface area contributed by atoms with E-state index in [9.17, 15) is 4.39 Å².